The van der Waals surface area contributed by atoms with Crippen LogP contribution in [-0.4, -0.2) is 47.3 Å². The summed E-state index contributed by atoms with van der Waals surface area (Å²) in [7, 11) is 1.65. The van der Waals surface area contributed by atoms with Crippen molar-refractivity contribution in [2.45, 2.75) is 32.4 Å². The van der Waals surface area contributed by atoms with Crippen molar-refractivity contribution in [3.63, 3.8) is 0 Å². The van der Waals surface area contributed by atoms with Gasteiger partial charge in [0, 0.05) is 19.2 Å². The lowest BCUT2D eigenvalue weighted by molar-refractivity contribution is -0.134. The Kier molecular flexibility index (Phi) is 7.89. The van der Waals surface area contributed by atoms with Gasteiger partial charge in [-0.3, -0.25) is 14.5 Å². The average Bonchev–Trinajstić information content (AvgIpc) is 3.35. The van der Waals surface area contributed by atoms with Gasteiger partial charge in [-0.15, -0.1) is 0 Å². The van der Waals surface area contributed by atoms with Crippen molar-refractivity contribution < 1.29 is 19.1 Å². The fourth-order valence-corrected chi connectivity index (χ4v) is 5.93. The molecule has 0 spiro atoms. The SMILES string of the molecule is Cc1cc(C)cc(NC(=O)C(Cc2ccccc2)N2CC3=C(C2=O)C(c2cccc(Oc4ccccc4)c2)NC(=O)N3C)c1. The van der Waals surface area contributed by atoms with E-state index in [-0.39, 0.29) is 24.4 Å². The van der Waals surface area contributed by atoms with E-state index < -0.39 is 12.1 Å². The minimum absolute atomic E-state index is 0.132. The number of para-hydroxylation sites is 1. The number of aryl methyl sites for hydroxylation is 2. The number of urea groups is 1. The fraction of sp³-hybridized carbons (Fsp3) is 0.194. The quantitative estimate of drug-likeness (QED) is 0.260. The maximum atomic E-state index is 14.3. The Morgan fingerprint density at radius 3 is 2.25 bits per heavy atom. The summed E-state index contributed by atoms with van der Waals surface area (Å²) in [6.07, 6.45) is 0.319. The number of likely N-dealkylation sites (N-methyl/N-ethyl adjacent to an activating group) is 1. The lowest BCUT2D eigenvalue weighted by atomic mass is 9.95. The summed E-state index contributed by atoms with van der Waals surface area (Å²) in [5.41, 5.74) is 5.40. The van der Waals surface area contributed by atoms with Crippen molar-refractivity contribution in [2.24, 2.45) is 0 Å². The summed E-state index contributed by atoms with van der Waals surface area (Å²) < 4.78 is 6.04. The van der Waals surface area contributed by atoms with Gasteiger partial charge in [-0.25, -0.2) is 4.79 Å². The molecular weight excluding hydrogens is 552 g/mol. The summed E-state index contributed by atoms with van der Waals surface area (Å²) in [6.45, 7) is 4.09. The molecule has 4 aromatic rings. The lowest BCUT2D eigenvalue weighted by Crippen LogP contribution is -2.47. The summed E-state index contributed by atoms with van der Waals surface area (Å²) >= 11 is 0. The Morgan fingerprint density at radius 1 is 0.886 bits per heavy atom. The topological polar surface area (TPSA) is 91.0 Å². The number of anilines is 1. The molecule has 2 N–H and O–H groups in total. The van der Waals surface area contributed by atoms with E-state index in [1.807, 2.05) is 117 Å². The number of rotatable bonds is 8. The molecule has 0 aromatic heterocycles. The van der Waals surface area contributed by atoms with Crippen molar-refractivity contribution in [1.82, 2.24) is 15.1 Å². The van der Waals surface area contributed by atoms with Gasteiger partial charge in [-0.1, -0.05) is 66.7 Å². The summed E-state index contributed by atoms with van der Waals surface area (Å²) in [5.74, 6) is 0.686. The third-order valence-corrected chi connectivity index (χ3v) is 8.00. The Bertz CT molecular complexity index is 1730. The molecule has 2 heterocycles. The molecule has 0 saturated heterocycles. The highest BCUT2D eigenvalue weighted by molar-refractivity contribution is 6.05. The smallest absolute Gasteiger partial charge is 0.322 e. The molecular formula is C36H34N4O4. The highest BCUT2D eigenvalue weighted by atomic mass is 16.5. The maximum absolute atomic E-state index is 14.3. The maximum Gasteiger partial charge on any atom is 0.322 e. The summed E-state index contributed by atoms with van der Waals surface area (Å²) in [6, 6.07) is 30.5. The molecule has 2 aliphatic heterocycles. The van der Waals surface area contributed by atoms with E-state index in [2.05, 4.69) is 10.6 Å². The molecule has 2 atom stereocenters. The van der Waals surface area contributed by atoms with Gasteiger partial charge in [0.2, 0.25) is 5.91 Å². The first kappa shape index (κ1) is 28.7. The monoisotopic (exact) mass is 586 g/mol. The first-order chi connectivity index (χ1) is 21.3. The third-order valence-electron chi connectivity index (χ3n) is 8.00. The van der Waals surface area contributed by atoms with Crippen LogP contribution in [0.1, 0.15) is 28.3 Å². The number of carbonyl (C=O) groups excluding carboxylic acids is 3. The molecule has 2 aliphatic rings. The number of ether oxygens (including phenoxy) is 1. The van der Waals surface area contributed by atoms with Crippen molar-refractivity contribution in [3.05, 3.63) is 137 Å². The minimum Gasteiger partial charge on any atom is -0.457 e. The standard InChI is InChI=1S/C36H34N4O4/c1-23-17-24(2)19-27(18-23)37-34(41)30(20-25-11-6-4-7-12-25)40-22-31-32(35(40)42)33(38-36(43)39(31)3)26-13-10-16-29(21-26)44-28-14-8-5-9-15-28/h4-19,21,30,33H,20,22H2,1-3H3,(H,37,41)(H,38,43). The zero-order valence-electron chi connectivity index (χ0n) is 24.9. The molecule has 8 nitrogen and oxygen atoms in total. The van der Waals surface area contributed by atoms with Crippen molar-refractivity contribution in [1.29, 1.82) is 0 Å². The van der Waals surface area contributed by atoms with Crippen LogP contribution >= 0.6 is 0 Å². The van der Waals surface area contributed by atoms with E-state index in [9.17, 15) is 14.4 Å². The van der Waals surface area contributed by atoms with E-state index >= 15 is 0 Å². The largest absolute Gasteiger partial charge is 0.457 e. The number of hydrogen-bond acceptors (Lipinski definition) is 4. The van der Waals surface area contributed by atoms with Gasteiger partial charge in [0.1, 0.15) is 17.5 Å². The third kappa shape index (κ3) is 5.92. The molecule has 0 bridgehead atoms. The Labute approximate surface area is 256 Å². The molecule has 0 radical (unpaired) electrons. The van der Waals surface area contributed by atoms with Crippen LogP contribution in [0.15, 0.2) is 114 Å². The number of hydrogen-bond donors (Lipinski definition) is 2. The van der Waals surface area contributed by atoms with Gasteiger partial charge < -0.3 is 20.3 Å². The first-order valence-electron chi connectivity index (χ1n) is 14.6. The molecule has 44 heavy (non-hydrogen) atoms. The van der Waals surface area contributed by atoms with Crippen LogP contribution in [-0.2, 0) is 16.0 Å². The molecule has 0 fully saturated rings. The van der Waals surface area contributed by atoms with Crippen molar-refractivity contribution in [2.75, 3.05) is 18.9 Å². The van der Waals surface area contributed by atoms with Crippen molar-refractivity contribution >= 4 is 23.5 Å². The number of benzene rings is 4. The Morgan fingerprint density at radius 2 is 1.55 bits per heavy atom. The van der Waals surface area contributed by atoms with Gasteiger partial charge in [0.05, 0.1) is 23.9 Å². The van der Waals surface area contributed by atoms with Gasteiger partial charge in [0.25, 0.3) is 5.91 Å². The van der Waals surface area contributed by atoms with E-state index in [4.69, 9.17) is 4.74 Å². The first-order valence-corrected chi connectivity index (χ1v) is 14.6. The summed E-state index contributed by atoms with van der Waals surface area (Å²) in [4.78, 5) is 44.5. The molecule has 222 valence electrons. The molecule has 4 aromatic carbocycles. The molecule has 0 aliphatic carbocycles. The molecule has 6 rings (SSSR count). The second kappa shape index (κ2) is 12.1. The number of nitrogens with one attached hydrogen (secondary N) is 2. The van der Waals surface area contributed by atoms with Crippen LogP contribution in [0.4, 0.5) is 10.5 Å². The zero-order valence-corrected chi connectivity index (χ0v) is 24.9. The predicted octanol–water partition coefficient (Wildman–Crippen LogP) is 6.14. The molecule has 8 heteroatoms. The lowest BCUT2D eigenvalue weighted by Gasteiger charge is -2.31. The predicted molar refractivity (Wildman–Crippen MR) is 169 cm³/mol. The van der Waals surface area contributed by atoms with Crippen LogP contribution < -0.4 is 15.4 Å². The zero-order chi connectivity index (χ0) is 30.8. The normalized spacial score (nSPS) is 16.8. The molecule has 4 amide bonds. The van der Waals surface area contributed by atoms with Crippen LogP contribution in [0.5, 0.6) is 11.5 Å². The van der Waals surface area contributed by atoms with E-state index in [0.717, 1.165) is 16.7 Å². The van der Waals surface area contributed by atoms with Crippen molar-refractivity contribution in [3.8, 4) is 11.5 Å². The highest BCUT2D eigenvalue weighted by Gasteiger charge is 2.46. The Balaban J connectivity index is 1.32. The van der Waals surface area contributed by atoms with E-state index in [1.165, 1.54) is 4.90 Å². The fourth-order valence-electron chi connectivity index (χ4n) is 5.93. The van der Waals surface area contributed by atoms with Gasteiger partial charge in [-0.05, 0) is 72.5 Å². The second-order valence-electron chi connectivity index (χ2n) is 11.3. The van der Waals surface area contributed by atoms with Gasteiger partial charge >= 0.3 is 6.03 Å². The van der Waals surface area contributed by atoms with E-state index in [1.54, 1.807) is 11.9 Å². The van der Waals surface area contributed by atoms with Crippen LogP contribution in [0.3, 0.4) is 0 Å². The van der Waals surface area contributed by atoms with Crippen LogP contribution in [0, 0.1) is 13.8 Å². The minimum atomic E-state index is -0.812. The van der Waals surface area contributed by atoms with E-state index in [0.29, 0.717) is 40.4 Å². The second-order valence-corrected chi connectivity index (χ2v) is 11.3. The summed E-state index contributed by atoms with van der Waals surface area (Å²) in [5, 5.41) is 6.04. The molecule has 0 saturated carbocycles. The van der Waals surface area contributed by atoms with Gasteiger partial charge in [0.15, 0.2) is 0 Å². The van der Waals surface area contributed by atoms with Crippen LogP contribution in [0.25, 0.3) is 0 Å². The average molecular weight is 587 g/mol. The number of amides is 4. The molecule has 2 unspecified atom stereocenters. The number of carbonyl (C=O) groups is 3. The van der Waals surface area contributed by atoms with Gasteiger partial charge in [-0.2, -0.15) is 0 Å². The Hall–Kier alpha value is -5.37. The number of nitrogens with zero attached hydrogens (tertiary/aromatic N) is 2. The highest BCUT2D eigenvalue weighted by Crippen LogP contribution is 2.38. The van der Waals surface area contributed by atoms with Crippen LogP contribution in [0.2, 0.25) is 0 Å².